The van der Waals surface area contributed by atoms with Crippen LogP contribution in [0.25, 0.3) is 0 Å². The van der Waals surface area contributed by atoms with Crippen molar-refractivity contribution in [3.8, 4) is 0 Å². The van der Waals surface area contributed by atoms with Gasteiger partial charge in [0, 0.05) is 51.9 Å². The molecule has 7 heteroatoms. The van der Waals surface area contributed by atoms with Gasteiger partial charge in [0.15, 0.2) is 0 Å². The molecule has 2 amide bonds. The highest BCUT2D eigenvalue weighted by Gasteiger charge is 2.25. The predicted molar refractivity (Wildman–Crippen MR) is 97.7 cm³/mol. The predicted octanol–water partition coefficient (Wildman–Crippen LogP) is 1.72. The molecule has 0 atom stereocenters. The Morgan fingerprint density at radius 3 is 2.12 bits per heavy atom. The lowest BCUT2D eigenvalue weighted by molar-refractivity contribution is -0.130. The summed E-state index contributed by atoms with van der Waals surface area (Å²) in [6.45, 7) is 11.7. The van der Waals surface area contributed by atoms with Crippen molar-refractivity contribution >= 4 is 17.8 Å². The zero-order valence-corrected chi connectivity index (χ0v) is 15.8. The summed E-state index contributed by atoms with van der Waals surface area (Å²) in [5.41, 5.74) is 1.24. The van der Waals surface area contributed by atoms with Crippen LogP contribution in [-0.2, 0) is 4.79 Å². The molecule has 0 aliphatic carbocycles. The summed E-state index contributed by atoms with van der Waals surface area (Å²) in [4.78, 5) is 39.0. The van der Waals surface area contributed by atoms with Gasteiger partial charge in [0.2, 0.25) is 11.9 Å². The van der Waals surface area contributed by atoms with Gasteiger partial charge in [0.1, 0.15) is 5.69 Å². The smallest absolute Gasteiger partial charge is 0.272 e. The van der Waals surface area contributed by atoms with Crippen LogP contribution in [-0.4, -0.2) is 70.9 Å². The Balaban J connectivity index is 2.16. The van der Waals surface area contributed by atoms with Crippen LogP contribution >= 0.6 is 0 Å². The second kappa shape index (κ2) is 8.78. The van der Waals surface area contributed by atoms with Crippen LogP contribution in [0.3, 0.4) is 0 Å². The lowest BCUT2D eigenvalue weighted by atomic mass is 10.2. The van der Waals surface area contributed by atoms with Gasteiger partial charge >= 0.3 is 0 Å². The molecule has 1 aliphatic rings. The number of rotatable bonds is 6. The lowest BCUT2D eigenvalue weighted by Gasteiger charge is -2.34. The van der Waals surface area contributed by atoms with Gasteiger partial charge in [0.25, 0.3) is 5.91 Å². The van der Waals surface area contributed by atoms with Crippen molar-refractivity contribution in [1.82, 2.24) is 19.8 Å². The number of anilines is 1. The minimum atomic E-state index is -0.0806. The maximum atomic E-state index is 12.8. The Hall–Kier alpha value is -2.18. The van der Waals surface area contributed by atoms with Crippen LogP contribution in [0.1, 0.15) is 49.8 Å². The monoisotopic (exact) mass is 347 g/mol. The molecule has 138 valence electrons. The Bertz CT molecular complexity index is 605. The highest BCUT2D eigenvalue weighted by molar-refractivity contribution is 5.93. The number of carbonyl (C=O) groups is 2. The van der Waals surface area contributed by atoms with Crippen LogP contribution < -0.4 is 4.90 Å². The molecule has 1 aromatic heterocycles. The van der Waals surface area contributed by atoms with E-state index in [9.17, 15) is 9.59 Å². The lowest BCUT2D eigenvalue weighted by Crippen LogP contribution is -2.50. The quantitative estimate of drug-likeness (QED) is 0.784. The van der Waals surface area contributed by atoms with Gasteiger partial charge in [0.05, 0.1) is 0 Å². The van der Waals surface area contributed by atoms with Crippen molar-refractivity contribution in [3.63, 3.8) is 0 Å². The van der Waals surface area contributed by atoms with Crippen LogP contribution in [0.15, 0.2) is 6.07 Å². The summed E-state index contributed by atoms with van der Waals surface area (Å²) in [5, 5.41) is 0. The molecule has 0 radical (unpaired) electrons. The molecule has 2 heterocycles. The van der Waals surface area contributed by atoms with E-state index in [1.807, 2.05) is 6.92 Å². The number of piperazine rings is 1. The van der Waals surface area contributed by atoms with Gasteiger partial charge in [-0.25, -0.2) is 9.97 Å². The first-order valence-corrected chi connectivity index (χ1v) is 9.11. The molecule has 1 aromatic rings. The third kappa shape index (κ3) is 4.90. The van der Waals surface area contributed by atoms with E-state index in [0.29, 0.717) is 37.8 Å². The van der Waals surface area contributed by atoms with Crippen molar-refractivity contribution in [2.24, 2.45) is 0 Å². The topological polar surface area (TPSA) is 69.6 Å². The van der Waals surface area contributed by atoms with Crippen molar-refractivity contribution in [2.75, 3.05) is 44.2 Å². The zero-order chi connectivity index (χ0) is 18.4. The number of nitrogens with zero attached hydrogens (tertiary/aromatic N) is 5. The molecule has 0 spiro atoms. The van der Waals surface area contributed by atoms with Gasteiger partial charge in [-0.1, -0.05) is 13.8 Å². The van der Waals surface area contributed by atoms with Crippen molar-refractivity contribution in [1.29, 1.82) is 0 Å². The second-order valence-corrected chi connectivity index (χ2v) is 6.48. The molecule has 1 saturated heterocycles. The third-order valence-corrected chi connectivity index (χ3v) is 4.34. The highest BCUT2D eigenvalue weighted by Crippen LogP contribution is 2.14. The number of aryl methyl sites for hydroxylation is 1. The van der Waals surface area contributed by atoms with Gasteiger partial charge in [-0.05, 0) is 25.8 Å². The summed E-state index contributed by atoms with van der Waals surface area (Å²) in [7, 11) is 0. The molecular formula is C18H29N5O2. The molecule has 7 nitrogen and oxygen atoms in total. The van der Waals surface area contributed by atoms with E-state index < -0.39 is 0 Å². The SMILES string of the molecule is CCCN(CCC)c1nc(C)cc(C(=O)N2CCN(C(C)=O)CC2)n1. The molecule has 0 N–H and O–H groups in total. The fourth-order valence-electron chi connectivity index (χ4n) is 3.04. The van der Waals surface area contributed by atoms with Gasteiger partial charge in [-0.15, -0.1) is 0 Å². The van der Waals surface area contributed by atoms with Gasteiger partial charge < -0.3 is 14.7 Å². The number of carbonyl (C=O) groups excluding carboxylic acids is 2. The summed E-state index contributed by atoms with van der Waals surface area (Å²) >= 11 is 0. The highest BCUT2D eigenvalue weighted by atomic mass is 16.2. The first-order chi connectivity index (χ1) is 12.0. The standard InChI is InChI=1S/C18H29N5O2/c1-5-7-23(8-6-2)18-19-14(3)13-16(20-18)17(25)22-11-9-21(10-12-22)15(4)24/h13H,5-12H2,1-4H3. The van der Waals surface area contributed by atoms with E-state index in [1.165, 1.54) is 0 Å². The van der Waals surface area contributed by atoms with E-state index in [2.05, 4.69) is 28.7 Å². The van der Waals surface area contributed by atoms with E-state index in [1.54, 1.807) is 22.8 Å². The minimum absolute atomic E-state index is 0.0574. The summed E-state index contributed by atoms with van der Waals surface area (Å²) in [6, 6.07) is 1.75. The second-order valence-electron chi connectivity index (χ2n) is 6.48. The molecule has 1 aliphatic heterocycles. The molecule has 0 aromatic carbocycles. The summed E-state index contributed by atoms with van der Waals surface area (Å²) < 4.78 is 0. The number of amides is 2. The maximum Gasteiger partial charge on any atom is 0.272 e. The zero-order valence-electron chi connectivity index (χ0n) is 15.8. The van der Waals surface area contributed by atoms with Crippen molar-refractivity contribution in [2.45, 2.75) is 40.5 Å². The molecule has 25 heavy (non-hydrogen) atoms. The van der Waals surface area contributed by atoms with E-state index in [-0.39, 0.29) is 11.8 Å². The molecule has 2 rings (SSSR count). The fraction of sp³-hybridized carbons (Fsp3) is 0.667. The third-order valence-electron chi connectivity index (χ3n) is 4.34. The maximum absolute atomic E-state index is 12.8. The largest absolute Gasteiger partial charge is 0.341 e. The van der Waals surface area contributed by atoms with Gasteiger partial charge in [-0.3, -0.25) is 9.59 Å². The number of hydrogen-bond acceptors (Lipinski definition) is 5. The molecule has 0 bridgehead atoms. The summed E-state index contributed by atoms with van der Waals surface area (Å²) in [6.07, 6.45) is 2.02. The molecular weight excluding hydrogens is 318 g/mol. The number of aromatic nitrogens is 2. The number of hydrogen-bond donors (Lipinski definition) is 0. The van der Waals surface area contributed by atoms with Crippen molar-refractivity contribution in [3.05, 3.63) is 17.5 Å². The normalized spacial score (nSPS) is 14.6. The van der Waals surface area contributed by atoms with E-state index in [4.69, 9.17) is 0 Å². The van der Waals surface area contributed by atoms with Crippen LogP contribution in [0.2, 0.25) is 0 Å². The fourth-order valence-corrected chi connectivity index (χ4v) is 3.04. The average molecular weight is 347 g/mol. The van der Waals surface area contributed by atoms with Crippen LogP contribution in [0, 0.1) is 6.92 Å². The Morgan fingerprint density at radius 1 is 1.04 bits per heavy atom. The molecule has 0 saturated carbocycles. The summed E-state index contributed by atoms with van der Waals surface area (Å²) in [5.74, 6) is 0.611. The van der Waals surface area contributed by atoms with Crippen LogP contribution in [0.5, 0.6) is 0 Å². The van der Waals surface area contributed by atoms with Crippen LogP contribution in [0.4, 0.5) is 5.95 Å². The Morgan fingerprint density at radius 2 is 1.60 bits per heavy atom. The van der Waals surface area contributed by atoms with E-state index in [0.717, 1.165) is 31.6 Å². The first-order valence-electron chi connectivity index (χ1n) is 9.11. The Labute approximate surface area is 150 Å². The van der Waals surface area contributed by atoms with Gasteiger partial charge in [-0.2, -0.15) is 0 Å². The Kier molecular flexibility index (Phi) is 6.73. The average Bonchev–Trinajstić information content (AvgIpc) is 2.60. The first kappa shape index (κ1) is 19.1. The molecule has 1 fully saturated rings. The van der Waals surface area contributed by atoms with E-state index >= 15 is 0 Å². The molecule has 0 unspecified atom stereocenters. The van der Waals surface area contributed by atoms with Crippen molar-refractivity contribution < 1.29 is 9.59 Å². The minimum Gasteiger partial charge on any atom is -0.341 e.